The van der Waals surface area contributed by atoms with E-state index in [-0.39, 0.29) is 5.69 Å². The number of nitrogens with zero attached hydrogens (tertiary/aromatic N) is 2. The van der Waals surface area contributed by atoms with E-state index in [2.05, 4.69) is 0 Å². The number of carbonyl (C=O) groups excluding carboxylic acids is 4. The average Bonchev–Trinajstić information content (AvgIpc) is 2.65. The summed E-state index contributed by atoms with van der Waals surface area (Å²) >= 11 is 0. The summed E-state index contributed by atoms with van der Waals surface area (Å²) < 4.78 is 5.69. The van der Waals surface area contributed by atoms with Crippen LogP contribution in [0.5, 0.6) is 11.5 Å². The van der Waals surface area contributed by atoms with Gasteiger partial charge in [0.15, 0.2) is 0 Å². The van der Waals surface area contributed by atoms with Crippen LogP contribution in [-0.4, -0.2) is 35.6 Å². The van der Waals surface area contributed by atoms with E-state index in [1.807, 2.05) is 31.2 Å². The van der Waals surface area contributed by atoms with Gasteiger partial charge in [-0.3, -0.25) is 24.1 Å². The third-order valence-corrected chi connectivity index (χ3v) is 4.65. The maximum atomic E-state index is 12.4. The normalized spacial score (nSPS) is 18.1. The van der Waals surface area contributed by atoms with Crippen molar-refractivity contribution in [2.75, 3.05) is 11.9 Å². The lowest BCUT2D eigenvalue weighted by Gasteiger charge is -2.51. The van der Waals surface area contributed by atoms with Crippen molar-refractivity contribution >= 4 is 29.3 Å². The average molecular weight is 350 g/mol. The Morgan fingerprint density at radius 1 is 0.731 bits per heavy atom. The maximum Gasteiger partial charge on any atom is 0.285 e. The molecule has 2 aromatic carbocycles. The summed E-state index contributed by atoms with van der Waals surface area (Å²) in [7, 11) is 1.25. The lowest BCUT2D eigenvalue weighted by Crippen LogP contribution is -2.83. The Hall–Kier alpha value is -3.48. The standard InChI is InChI=1S/C19H14N2O5/c1-11-3-7-13(8-4-11)26-14-9-5-12(6-10-14)21-17(24)19(18(21)25)15(22)20(2)16(19)23/h3-10H,1-2H3. The predicted octanol–water partition coefficient (Wildman–Crippen LogP) is 1.65. The highest BCUT2D eigenvalue weighted by atomic mass is 16.5. The number of anilines is 1. The molecule has 0 aromatic heterocycles. The third-order valence-electron chi connectivity index (χ3n) is 4.65. The first kappa shape index (κ1) is 16.0. The van der Waals surface area contributed by atoms with Crippen LogP contribution in [0.2, 0.25) is 0 Å². The van der Waals surface area contributed by atoms with Gasteiger partial charge in [0.25, 0.3) is 29.0 Å². The van der Waals surface area contributed by atoms with Crippen molar-refractivity contribution in [1.82, 2.24) is 4.90 Å². The maximum absolute atomic E-state index is 12.4. The number of imide groups is 2. The minimum Gasteiger partial charge on any atom is -0.457 e. The zero-order valence-corrected chi connectivity index (χ0v) is 14.1. The number of hydrogen-bond donors (Lipinski definition) is 0. The number of ether oxygens (including phenoxy) is 1. The number of hydrogen-bond acceptors (Lipinski definition) is 5. The summed E-state index contributed by atoms with van der Waals surface area (Å²) in [5, 5.41) is 0. The fourth-order valence-corrected chi connectivity index (χ4v) is 3.11. The van der Waals surface area contributed by atoms with E-state index in [9.17, 15) is 19.2 Å². The topological polar surface area (TPSA) is 84.0 Å². The van der Waals surface area contributed by atoms with Crippen molar-refractivity contribution in [3.8, 4) is 11.5 Å². The number of likely N-dealkylation sites (tertiary alicyclic amines) is 1. The first-order valence-electron chi connectivity index (χ1n) is 7.93. The summed E-state index contributed by atoms with van der Waals surface area (Å²) in [4.78, 5) is 50.1. The van der Waals surface area contributed by atoms with E-state index in [1.54, 1.807) is 12.1 Å². The molecule has 4 rings (SSSR count). The third kappa shape index (κ3) is 1.88. The van der Waals surface area contributed by atoms with Gasteiger partial charge >= 0.3 is 0 Å². The van der Waals surface area contributed by atoms with Crippen LogP contribution in [0.3, 0.4) is 0 Å². The van der Waals surface area contributed by atoms with Crippen LogP contribution in [0.15, 0.2) is 48.5 Å². The highest BCUT2D eigenvalue weighted by Crippen LogP contribution is 2.46. The van der Waals surface area contributed by atoms with Gasteiger partial charge in [0, 0.05) is 7.05 Å². The van der Waals surface area contributed by atoms with Crippen molar-refractivity contribution in [2.24, 2.45) is 5.41 Å². The van der Waals surface area contributed by atoms with E-state index < -0.39 is 29.0 Å². The van der Waals surface area contributed by atoms with Crippen LogP contribution in [0.1, 0.15) is 5.56 Å². The van der Waals surface area contributed by atoms with E-state index in [1.165, 1.54) is 19.2 Å². The van der Waals surface area contributed by atoms with Crippen LogP contribution < -0.4 is 9.64 Å². The van der Waals surface area contributed by atoms with Crippen molar-refractivity contribution in [2.45, 2.75) is 6.92 Å². The number of amides is 4. The Bertz CT molecular complexity index is 928. The van der Waals surface area contributed by atoms with Gasteiger partial charge in [0.1, 0.15) is 11.5 Å². The zero-order chi connectivity index (χ0) is 18.6. The molecule has 0 unspecified atom stereocenters. The molecule has 1 spiro atoms. The largest absolute Gasteiger partial charge is 0.457 e. The molecule has 2 aliphatic heterocycles. The van der Waals surface area contributed by atoms with E-state index in [0.29, 0.717) is 11.5 Å². The summed E-state index contributed by atoms with van der Waals surface area (Å²) in [6.07, 6.45) is 0. The first-order valence-corrected chi connectivity index (χ1v) is 7.93. The van der Waals surface area contributed by atoms with Gasteiger partial charge in [-0.25, -0.2) is 4.90 Å². The van der Waals surface area contributed by atoms with Crippen LogP contribution in [0.4, 0.5) is 5.69 Å². The van der Waals surface area contributed by atoms with Crippen molar-refractivity contribution in [1.29, 1.82) is 0 Å². The highest BCUT2D eigenvalue weighted by molar-refractivity contribution is 6.59. The monoisotopic (exact) mass is 350 g/mol. The molecular formula is C19H14N2O5. The molecule has 26 heavy (non-hydrogen) atoms. The molecular weight excluding hydrogens is 336 g/mol. The van der Waals surface area contributed by atoms with Gasteiger partial charge in [-0.1, -0.05) is 17.7 Å². The molecule has 0 aliphatic carbocycles. The number of benzene rings is 2. The fraction of sp³-hybridized carbons (Fsp3) is 0.158. The Kier molecular flexibility index (Phi) is 3.24. The van der Waals surface area contributed by atoms with Crippen LogP contribution >= 0.6 is 0 Å². The molecule has 0 bridgehead atoms. The van der Waals surface area contributed by atoms with Crippen LogP contribution in [0.25, 0.3) is 0 Å². The zero-order valence-electron chi connectivity index (χ0n) is 14.1. The Labute approximate surface area is 148 Å². The highest BCUT2D eigenvalue weighted by Gasteiger charge is 2.79. The molecule has 0 atom stereocenters. The van der Waals surface area contributed by atoms with Crippen LogP contribution in [0, 0.1) is 12.3 Å². The molecule has 7 nitrogen and oxygen atoms in total. The number of rotatable bonds is 3. The quantitative estimate of drug-likeness (QED) is 0.621. The Morgan fingerprint density at radius 3 is 1.69 bits per heavy atom. The lowest BCUT2D eigenvalue weighted by molar-refractivity contribution is -0.184. The van der Waals surface area contributed by atoms with E-state index >= 15 is 0 Å². The molecule has 2 saturated heterocycles. The van der Waals surface area contributed by atoms with Crippen LogP contribution in [-0.2, 0) is 19.2 Å². The molecule has 2 heterocycles. The van der Waals surface area contributed by atoms with E-state index in [0.717, 1.165) is 15.4 Å². The van der Waals surface area contributed by atoms with Crippen molar-refractivity contribution in [3.05, 3.63) is 54.1 Å². The Balaban J connectivity index is 1.52. The van der Waals surface area contributed by atoms with Gasteiger partial charge in [-0.15, -0.1) is 0 Å². The lowest BCUT2D eigenvalue weighted by atomic mass is 9.69. The van der Waals surface area contributed by atoms with Crippen molar-refractivity contribution in [3.63, 3.8) is 0 Å². The summed E-state index contributed by atoms with van der Waals surface area (Å²) in [5.41, 5.74) is -0.745. The second-order valence-corrected chi connectivity index (χ2v) is 6.27. The van der Waals surface area contributed by atoms with Gasteiger partial charge in [0.2, 0.25) is 0 Å². The summed E-state index contributed by atoms with van der Waals surface area (Å²) in [6, 6.07) is 13.8. The van der Waals surface area contributed by atoms with E-state index in [4.69, 9.17) is 4.74 Å². The summed E-state index contributed by atoms with van der Waals surface area (Å²) in [6.45, 7) is 1.97. The molecule has 2 fully saturated rings. The number of β-lactam (4-membered cyclic amide) rings is 4. The SMILES string of the molecule is Cc1ccc(Oc2ccc(N3C(=O)C4(C(=O)N(C)C4=O)C3=O)cc2)cc1. The van der Waals surface area contributed by atoms with Gasteiger partial charge < -0.3 is 4.74 Å². The molecule has 0 saturated carbocycles. The predicted molar refractivity (Wildman–Crippen MR) is 90.4 cm³/mol. The molecule has 2 aliphatic rings. The Morgan fingerprint density at radius 2 is 1.19 bits per heavy atom. The fourth-order valence-electron chi connectivity index (χ4n) is 3.11. The number of aryl methyl sites for hydroxylation is 1. The minimum atomic E-state index is -2.15. The molecule has 4 amide bonds. The summed E-state index contributed by atoms with van der Waals surface area (Å²) in [5.74, 6) is -1.96. The molecule has 0 N–H and O–H groups in total. The number of carbonyl (C=O) groups is 4. The smallest absolute Gasteiger partial charge is 0.285 e. The van der Waals surface area contributed by atoms with Gasteiger partial charge in [-0.05, 0) is 43.3 Å². The van der Waals surface area contributed by atoms with Crippen molar-refractivity contribution < 1.29 is 23.9 Å². The molecule has 130 valence electrons. The molecule has 0 radical (unpaired) electrons. The van der Waals surface area contributed by atoms with Gasteiger partial charge in [0.05, 0.1) is 5.69 Å². The second-order valence-electron chi connectivity index (χ2n) is 6.27. The first-order chi connectivity index (χ1) is 12.4. The van der Waals surface area contributed by atoms with Gasteiger partial charge in [-0.2, -0.15) is 0 Å². The minimum absolute atomic E-state index is 0.289. The molecule has 2 aromatic rings. The second kappa shape index (κ2) is 5.26. The molecule has 7 heteroatoms.